The van der Waals surface area contributed by atoms with Crippen LogP contribution >= 0.6 is 22.6 Å². The molecule has 13 heavy (non-hydrogen) atoms. The summed E-state index contributed by atoms with van der Waals surface area (Å²) in [7, 11) is 0. The molecule has 0 unspecified atom stereocenters. The minimum atomic E-state index is -2.41. The molecule has 72 valence electrons. The molecular weight excluding hydrogens is 289 g/mol. The molecule has 0 aliphatic heterocycles. The van der Waals surface area contributed by atoms with Gasteiger partial charge in [0.15, 0.2) is 0 Å². The maximum Gasteiger partial charge on any atom is 0.248 e. The topological polar surface area (TPSA) is 17.8 Å². The second-order valence-corrected chi connectivity index (χ2v) is 4.60. The highest BCUT2D eigenvalue weighted by Crippen LogP contribution is 2.42. The van der Waals surface area contributed by atoms with E-state index in [1.165, 1.54) is 0 Å². The van der Waals surface area contributed by atoms with Gasteiger partial charge in [-0.3, -0.25) is 4.68 Å². The molecule has 1 aromatic heterocycles. The molecule has 1 heterocycles. The highest BCUT2D eigenvalue weighted by molar-refractivity contribution is 14.1. The molecule has 0 N–H and O–H groups in total. The van der Waals surface area contributed by atoms with E-state index in [0.29, 0.717) is 6.54 Å². The van der Waals surface area contributed by atoms with Gasteiger partial charge < -0.3 is 0 Å². The van der Waals surface area contributed by atoms with E-state index in [-0.39, 0.29) is 18.8 Å². The van der Waals surface area contributed by atoms with Gasteiger partial charge in [-0.2, -0.15) is 5.10 Å². The first-order valence-corrected chi connectivity index (χ1v) is 5.20. The third kappa shape index (κ3) is 2.18. The van der Waals surface area contributed by atoms with E-state index >= 15 is 0 Å². The predicted molar refractivity (Wildman–Crippen MR) is 52.6 cm³/mol. The molecule has 0 aromatic carbocycles. The Balaban J connectivity index is 1.87. The van der Waals surface area contributed by atoms with E-state index in [0.717, 1.165) is 3.70 Å². The molecule has 1 fully saturated rings. The largest absolute Gasteiger partial charge is 0.271 e. The van der Waals surface area contributed by atoms with Gasteiger partial charge in [0.2, 0.25) is 5.92 Å². The van der Waals surface area contributed by atoms with E-state index in [1.54, 1.807) is 4.68 Å². The Labute approximate surface area is 88.5 Å². The van der Waals surface area contributed by atoms with Crippen molar-refractivity contribution in [1.29, 1.82) is 0 Å². The van der Waals surface area contributed by atoms with Gasteiger partial charge in [0, 0.05) is 25.6 Å². The van der Waals surface area contributed by atoms with Crippen LogP contribution in [0.25, 0.3) is 0 Å². The van der Waals surface area contributed by atoms with Crippen molar-refractivity contribution < 1.29 is 8.78 Å². The van der Waals surface area contributed by atoms with E-state index in [9.17, 15) is 8.78 Å². The van der Waals surface area contributed by atoms with Gasteiger partial charge in [-0.1, -0.05) is 0 Å². The van der Waals surface area contributed by atoms with E-state index in [4.69, 9.17) is 0 Å². The highest BCUT2D eigenvalue weighted by atomic mass is 127. The average Bonchev–Trinajstić information content (AvgIpc) is 2.31. The first-order valence-electron chi connectivity index (χ1n) is 4.12. The molecule has 0 bridgehead atoms. The molecule has 0 radical (unpaired) electrons. The van der Waals surface area contributed by atoms with E-state index in [1.807, 2.05) is 12.3 Å². The molecule has 1 aliphatic carbocycles. The van der Waals surface area contributed by atoms with Crippen molar-refractivity contribution in [2.75, 3.05) is 0 Å². The van der Waals surface area contributed by atoms with Crippen molar-refractivity contribution in [2.45, 2.75) is 25.3 Å². The van der Waals surface area contributed by atoms with Crippen LogP contribution in [-0.2, 0) is 6.54 Å². The zero-order valence-electron chi connectivity index (χ0n) is 6.88. The van der Waals surface area contributed by atoms with Gasteiger partial charge in [-0.25, -0.2) is 8.78 Å². The average molecular weight is 298 g/mol. The Hall–Kier alpha value is -0.200. The first kappa shape index (κ1) is 9.36. The third-order valence-electron chi connectivity index (χ3n) is 2.23. The molecule has 2 nitrogen and oxygen atoms in total. The molecule has 0 atom stereocenters. The molecule has 0 amide bonds. The number of rotatable bonds is 2. The maximum absolute atomic E-state index is 12.5. The summed E-state index contributed by atoms with van der Waals surface area (Å²) in [5.41, 5.74) is 0. The van der Waals surface area contributed by atoms with Gasteiger partial charge in [0.25, 0.3) is 0 Å². The van der Waals surface area contributed by atoms with Crippen LogP contribution in [0.4, 0.5) is 8.78 Å². The minimum Gasteiger partial charge on any atom is -0.271 e. The number of hydrogen-bond donors (Lipinski definition) is 0. The number of alkyl halides is 2. The van der Waals surface area contributed by atoms with Crippen molar-refractivity contribution >= 4 is 22.6 Å². The quantitative estimate of drug-likeness (QED) is 0.767. The second kappa shape index (κ2) is 3.18. The van der Waals surface area contributed by atoms with Crippen LogP contribution in [0, 0.1) is 9.62 Å². The minimum absolute atomic E-state index is 0.0173. The lowest BCUT2D eigenvalue weighted by atomic mass is 9.81. The summed E-state index contributed by atoms with van der Waals surface area (Å²) < 4.78 is 27.6. The van der Waals surface area contributed by atoms with E-state index in [2.05, 4.69) is 27.7 Å². The Bertz CT molecular complexity index is 303. The lowest BCUT2D eigenvalue weighted by Gasteiger charge is -2.34. The lowest BCUT2D eigenvalue weighted by Crippen LogP contribution is -2.37. The van der Waals surface area contributed by atoms with Crippen molar-refractivity contribution in [3.05, 3.63) is 16.0 Å². The second-order valence-electron chi connectivity index (χ2n) is 3.49. The molecule has 5 heteroatoms. The molecule has 0 spiro atoms. The Morgan fingerprint density at radius 3 is 2.77 bits per heavy atom. The molecule has 1 aromatic rings. The normalized spacial score (nSPS) is 21.5. The van der Waals surface area contributed by atoms with Gasteiger partial charge in [-0.15, -0.1) is 0 Å². The zero-order chi connectivity index (χ0) is 9.47. The number of hydrogen-bond acceptors (Lipinski definition) is 1. The van der Waals surface area contributed by atoms with Crippen molar-refractivity contribution in [2.24, 2.45) is 5.92 Å². The van der Waals surface area contributed by atoms with Crippen LogP contribution < -0.4 is 0 Å². The van der Waals surface area contributed by atoms with Crippen LogP contribution in [0.5, 0.6) is 0 Å². The fraction of sp³-hybridized carbons (Fsp3) is 0.625. The van der Waals surface area contributed by atoms with E-state index < -0.39 is 5.92 Å². The Morgan fingerprint density at radius 2 is 2.31 bits per heavy atom. The van der Waals surface area contributed by atoms with Gasteiger partial charge in [0.05, 0.1) is 0 Å². The lowest BCUT2D eigenvalue weighted by molar-refractivity contribution is -0.114. The summed E-state index contributed by atoms with van der Waals surface area (Å²) in [6, 6.07) is 1.87. The third-order valence-corrected chi connectivity index (χ3v) is 2.80. The summed E-state index contributed by atoms with van der Waals surface area (Å²) in [6.07, 6.45) is 1.87. The first-order chi connectivity index (χ1) is 6.05. The molecule has 1 aliphatic rings. The zero-order valence-corrected chi connectivity index (χ0v) is 9.04. The number of nitrogens with zero attached hydrogens (tertiary/aromatic N) is 2. The summed E-state index contributed by atoms with van der Waals surface area (Å²) in [4.78, 5) is 0. The SMILES string of the molecule is FC1(F)CC(Cn2ccc(I)n2)C1. The molecule has 2 rings (SSSR count). The summed E-state index contributed by atoms with van der Waals surface area (Å²) in [5.74, 6) is -2.31. The highest BCUT2D eigenvalue weighted by Gasteiger charge is 2.45. The fourth-order valence-electron chi connectivity index (χ4n) is 1.62. The molecule has 0 saturated heterocycles. The monoisotopic (exact) mass is 298 g/mol. The van der Waals surface area contributed by atoms with Crippen LogP contribution in [0.2, 0.25) is 0 Å². The Morgan fingerprint density at radius 1 is 1.62 bits per heavy atom. The van der Waals surface area contributed by atoms with Gasteiger partial charge in [0.1, 0.15) is 3.70 Å². The summed E-state index contributed by atoms with van der Waals surface area (Å²) >= 11 is 2.10. The molecular formula is C8H9F2IN2. The van der Waals surface area contributed by atoms with Crippen molar-refractivity contribution in [1.82, 2.24) is 9.78 Å². The molecule has 1 saturated carbocycles. The fourth-order valence-corrected chi connectivity index (χ4v) is 2.06. The smallest absolute Gasteiger partial charge is 0.248 e. The summed E-state index contributed by atoms with van der Waals surface area (Å²) in [6.45, 7) is 0.624. The van der Waals surface area contributed by atoms with Gasteiger partial charge in [-0.05, 0) is 34.6 Å². The van der Waals surface area contributed by atoms with Crippen molar-refractivity contribution in [3.8, 4) is 0 Å². The van der Waals surface area contributed by atoms with Gasteiger partial charge >= 0.3 is 0 Å². The van der Waals surface area contributed by atoms with Crippen LogP contribution in [0.15, 0.2) is 12.3 Å². The van der Waals surface area contributed by atoms with Crippen LogP contribution in [-0.4, -0.2) is 15.7 Å². The van der Waals surface area contributed by atoms with Crippen molar-refractivity contribution in [3.63, 3.8) is 0 Å². The maximum atomic E-state index is 12.5. The number of halogens is 3. The van der Waals surface area contributed by atoms with Crippen LogP contribution in [0.3, 0.4) is 0 Å². The number of aromatic nitrogens is 2. The summed E-state index contributed by atoms with van der Waals surface area (Å²) in [5, 5.41) is 4.14. The predicted octanol–water partition coefficient (Wildman–Crippen LogP) is 2.53. The van der Waals surface area contributed by atoms with Crippen LogP contribution in [0.1, 0.15) is 12.8 Å². The Kier molecular flexibility index (Phi) is 2.29. The standard InChI is InChI=1S/C8H9F2IN2/c9-8(10)3-6(4-8)5-13-2-1-7(11)12-13/h1-2,6H,3-5H2.